The first kappa shape index (κ1) is 18.5. The molecule has 3 rings (SSSR count). The monoisotopic (exact) mass is 392 g/mol. The fourth-order valence-corrected chi connectivity index (χ4v) is 3.33. The highest BCUT2D eigenvalue weighted by molar-refractivity contribution is 6.35. The van der Waals surface area contributed by atoms with Gasteiger partial charge in [-0.25, -0.2) is 9.78 Å². The van der Waals surface area contributed by atoms with Crippen molar-refractivity contribution in [2.45, 2.75) is 19.5 Å². The third-order valence-electron chi connectivity index (χ3n) is 4.36. The average Bonchev–Trinajstić information content (AvgIpc) is 2.90. The first-order valence-corrected chi connectivity index (χ1v) is 8.81. The van der Waals surface area contributed by atoms with Crippen molar-refractivity contribution in [3.05, 3.63) is 57.7 Å². The highest BCUT2D eigenvalue weighted by Crippen LogP contribution is 2.24. The van der Waals surface area contributed by atoms with E-state index in [1.54, 1.807) is 31.4 Å². The van der Waals surface area contributed by atoms with Gasteiger partial charge in [-0.2, -0.15) is 0 Å². The molecule has 0 bridgehead atoms. The van der Waals surface area contributed by atoms with Crippen LogP contribution in [0.4, 0.5) is 10.6 Å². The van der Waals surface area contributed by atoms with Gasteiger partial charge in [-0.1, -0.05) is 35.3 Å². The van der Waals surface area contributed by atoms with Crippen LogP contribution in [0, 0.1) is 6.92 Å². The minimum Gasteiger partial charge on any atom is -0.350 e. The van der Waals surface area contributed by atoms with Crippen LogP contribution in [0.25, 0.3) is 0 Å². The van der Waals surface area contributed by atoms with Gasteiger partial charge in [0.25, 0.3) is 0 Å². The van der Waals surface area contributed by atoms with Gasteiger partial charge in [-0.15, -0.1) is 0 Å². The number of carbonyl (C=O) groups excluding carboxylic acids is 2. The minimum atomic E-state index is -0.602. The molecule has 1 atom stereocenters. The van der Waals surface area contributed by atoms with Crippen molar-refractivity contribution in [2.24, 2.45) is 0 Å². The number of anilines is 1. The molecule has 2 heterocycles. The minimum absolute atomic E-state index is 0.243. The van der Waals surface area contributed by atoms with Crippen molar-refractivity contribution >= 4 is 41.0 Å². The first-order valence-electron chi connectivity index (χ1n) is 8.06. The van der Waals surface area contributed by atoms with Crippen molar-refractivity contribution in [1.29, 1.82) is 0 Å². The second-order valence-electron chi connectivity index (χ2n) is 6.12. The molecular weight excluding hydrogens is 375 g/mol. The van der Waals surface area contributed by atoms with E-state index in [4.69, 9.17) is 23.2 Å². The molecule has 1 aliphatic heterocycles. The lowest BCUT2D eigenvalue weighted by Crippen LogP contribution is -2.43. The van der Waals surface area contributed by atoms with E-state index in [-0.39, 0.29) is 25.0 Å². The van der Waals surface area contributed by atoms with Gasteiger partial charge >= 0.3 is 6.03 Å². The molecule has 2 aromatic rings. The quantitative estimate of drug-likeness (QED) is 0.867. The Balaban J connectivity index is 1.70. The van der Waals surface area contributed by atoms with E-state index in [0.29, 0.717) is 15.9 Å². The van der Waals surface area contributed by atoms with Gasteiger partial charge in [0.1, 0.15) is 11.9 Å². The summed E-state index contributed by atoms with van der Waals surface area (Å²) in [5.74, 6) is 0.323. The fraction of sp³-hybridized carbons (Fsp3) is 0.278. The molecule has 0 aliphatic carbocycles. The van der Waals surface area contributed by atoms with Crippen molar-refractivity contribution in [3.8, 4) is 0 Å². The first-order chi connectivity index (χ1) is 12.4. The third-order valence-corrected chi connectivity index (χ3v) is 4.95. The van der Waals surface area contributed by atoms with Crippen LogP contribution < -0.4 is 10.2 Å². The maximum atomic E-state index is 12.6. The van der Waals surface area contributed by atoms with Crippen LogP contribution in [0.5, 0.6) is 0 Å². The molecule has 3 amide bonds. The van der Waals surface area contributed by atoms with Crippen LogP contribution in [-0.2, 0) is 11.3 Å². The van der Waals surface area contributed by atoms with Crippen LogP contribution >= 0.6 is 23.2 Å². The molecule has 1 aliphatic rings. The molecule has 26 heavy (non-hydrogen) atoms. The number of halogens is 2. The third kappa shape index (κ3) is 3.61. The number of urea groups is 1. The topological polar surface area (TPSA) is 65.5 Å². The van der Waals surface area contributed by atoms with Crippen molar-refractivity contribution in [2.75, 3.05) is 18.5 Å². The van der Waals surface area contributed by atoms with Gasteiger partial charge in [0.15, 0.2) is 0 Å². The van der Waals surface area contributed by atoms with Crippen LogP contribution in [0.3, 0.4) is 0 Å². The smallest absolute Gasteiger partial charge is 0.326 e. The van der Waals surface area contributed by atoms with Crippen LogP contribution in [0.2, 0.25) is 10.0 Å². The Bertz CT molecular complexity index is 859. The summed E-state index contributed by atoms with van der Waals surface area (Å²) in [6.07, 6.45) is 1.63. The van der Waals surface area contributed by atoms with E-state index in [1.165, 1.54) is 9.80 Å². The van der Waals surface area contributed by atoms with Gasteiger partial charge < -0.3 is 10.2 Å². The normalized spacial score (nSPS) is 16.9. The highest BCUT2D eigenvalue weighted by Gasteiger charge is 2.40. The van der Waals surface area contributed by atoms with Gasteiger partial charge in [-0.3, -0.25) is 9.69 Å². The number of aromatic nitrogens is 1. The molecule has 1 aromatic carbocycles. The molecular formula is C18H18Cl2N4O2. The lowest BCUT2D eigenvalue weighted by Gasteiger charge is -2.17. The summed E-state index contributed by atoms with van der Waals surface area (Å²) in [5, 5.41) is 3.85. The number of aryl methyl sites for hydroxylation is 1. The number of hydrogen-bond donors (Lipinski definition) is 1. The molecule has 1 saturated heterocycles. The summed E-state index contributed by atoms with van der Waals surface area (Å²) in [7, 11) is 1.61. The summed E-state index contributed by atoms with van der Waals surface area (Å²) in [6, 6.07) is 7.94. The largest absolute Gasteiger partial charge is 0.350 e. The zero-order valence-corrected chi connectivity index (χ0v) is 15.9. The Kier molecular flexibility index (Phi) is 5.34. The maximum Gasteiger partial charge on any atom is 0.326 e. The Morgan fingerprint density at radius 1 is 1.35 bits per heavy atom. The van der Waals surface area contributed by atoms with E-state index < -0.39 is 6.04 Å². The van der Waals surface area contributed by atoms with Gasteiger partial charge in [-0.05, 0) is 36.2 Å². The zero-order chi connectivity index (χ0) is 18.8. The number of likely N-dealkylation sites (N-methyl/N-ethyl adjacent to an activating group) is 1. The van der Waals surface area contributed by atoms with E-state index in [0.717, 1.165) is 11.1 Å². The molecule has 1 N–H and O–H groups in total. The van der Waals surface area contributed by atoms with Crippen LogP contribution in [-0.4, -0.2) is 41.5 Å². The summed E-state index contributed by atoms with van der Waals surface area (Å²) in [5.41, 5.74) is 1.64. The average molecular weight is 393 g/mol. The van der Waals surface area contributed by atoms with Gasteiger partial charge in [0.2, 0.25) is 5.91 Å². The standard InChI is InChI=1S/C18H18Cl2N4O2/c1-11-4-3-7-21-16(11)24-10-15(23(2)18(24)26)17(25)22-9-12-5-6-13(19)8-14(12)20/h3-8,15H,9-10H2,1-2H3,(H,22,25)/t15-/m0/s1. The summed E-state index contributed by atoms with van der Waals surface area (Å²) < 4.78 is 0. The number of hydrogen-bond acceptors (Lipinski definition) is 3. The number of pyridine rings is 1. The maximum absolute atomic E-state index is 12.6. The lowest BCUT2D eigenvalue weighted by molar-refractivity contribution is -0.124. The van der Waals surface area contributed by atoms with Crippen LogP contribution in [0.15, 0.2) is 36.5 Å². The SMILES string of the molecule is Cc1cccnc1N1C[C@@H](C(=O)NCc2ccc(Cl)cc2Cl)N(C)C1=O. The van der Waals surface area contributed by atoms with E-state index in [2.05, 4.69) is 10.3 Å². The molecule has 8 heteroatoms. The molecule has 1 fully saturated rings. The Morgan fingerprint density at radius 2 is 2.12 bits per heavy atom. The second-order valence-corrected chi connectivity index (χ2v) is 6.96. The molecule has 0 spiro atoms. The Hall–Kier alpha value is -2.31. The van der Waals surface area contributed by atoms with E-state index >= 15 is 0 Å². The summed E-state index contributed by atoms with van der Waals surface area (Å²) in [4.78, 5) is 32.3. The number of benzene rings is 1. The predicted molar refractivity (Wildman–Crippen MR) is 102 cm³/mol. The number of nitrogens with zero attached hydrogens (tertiary/aromatic N) is 3. The van der Waals surface area contributed by atoms with Crippen molar-refractivity contribution < 1.29 is 9.59 Å². The van der Waals surface area contributed by atoms with E-state index in [1.807, 2.05) is 19.1 Å². The molecule has 1 aromatic heterocycles. The second kappa shape index (κ2) is 7.51. The molecule has 6 nitrogen and oxygen atoms in total. The molecule has 0 radical (unpaired) electrons. The number of carbonyl (C=O) groups is 2. The number of rotatable bonds is 4. The zero-order valence-electron chi connectivity index (χ0n) is 14.4. The fourth-order valence-electron chi connectivity index (χ4n) is 2.86. The number of nitrogens with one attached hydrogen (secondary N) is 1. The summed E-state index contributed by atoms with van der Waals surface area (Å²) >= 11 is 12.0. The van der Waals surface area contributed by atoms with Crippen molar-refractivity contribution in [3.63, 3.8) is 0 Å². The predicted octanol–water partition coefficient (Wildman–Crippen LogP) is 3.25. The van der Waals surface area contributed by atoms with Crippen molar-refractivity contribution in [1.82, 2.24) is 15.2 Å². The highest BCUT2D eigenvalue weighted by atomic mass is 35.5. The molecule has 136 valence electrons. The van der Waals surface area contributed by atoms with E-state index in [9.17, 15) is 9.59 Å². The summed E-state index contributed by atoms with van der Waals surface area (Å²) in [6.45, 7) is 2.38. The van der Waals surface area contributed by atoms with Gasteiger partial charge in [0, 0.05) is 29.8 Å². The van der Waals surface area contributed by atoms with Crippen LogP contribution in [0.1, 0.15) is 11.1 Å². The van der Waals surface area contributed by atoms with Gasteiger partial charge in [0.05, 0.1) is 6.54 Å². The Morgan fingerprint density at radius 3 is 2.81 bits per heavy atom. The Labute approximate surface area is 161 Å². The molecule has 0 unspecified atom stereocenters. The lowest BCUT2D eigenvalue weighted by atomic mass is 10.2. The molecule has 0 saturated carbocycles. The number of amides is 3.